The summed E-state index contributed by atoms with van der Waals surface area (Å²) in [6.45, 7) is 6.57. The number of ether oxygens (including phenoxy) is 1. The minimum atomic E-state index is -1.97. The van der Waals surface area contributed by atoms with Gasteiger partial charge in [-0.2, -0.15) is 0 Å². The van der Waals surface area contributed by atoms with Crippen molar-refractivity contribution in [3.8, 4) is 28.2 Å². The van der Waals surface area contributed by atoms with Crippen LogP contribution in [-0.2, 0) is 16.5 Å². The second kappa shape index (κ2) is 14.0. The van der Waals surface area contributed by atoms with E-state index >= 15 is 0 Å². The average Bonchev–Trinajstić information content (AvgIpc) is 3.50. The number of rotatable bonds is 10. The first-order valence-electron chi connectivity index (χ1n) is 14.2. The van der Waals surface area contributed by atoms with Crippen molar-refractivity contribution >= 4 is 40.2 Å². The van der Waals surface area contributed by atoms with Crippen molar-refractivity contribution in [1.29, 1.82) is 0 Å². The average molecular weight is 664 g/mol. The summed E-state index contributed by atoms with van der Waals surface area (Å²) in [7, 11) is 0. The molecule has 0 aliphatic heterocycles. The summed E-state index contributed by atoms with van der Waals surface area (Å²) >= 11 is 10.6. The van der Waals surface area contributed by atoms with Crippen LogP contribution in [0.25, 0.3) is 22.5 Å². The molecule has 0 aliphatic carbocycles. The number of aromatic nitrogens is 1. The van der Waals surface area contributed by atoms with Crippen LogP contribution in [0.5, 0.6) is 5.75 Å². The maximum atomic E-state index is 12.4. The molecule has 1 aromatic heterocycles. The van der Waals surface area contributed by atoms with Crippen LogP contribution in [0.4, 0.5) is 0 Å². The lowest BCUT2D eigenvalue weighted by Gasteiger charge is -2.21. The number of benzene rings is 4. The third-order valence-electron chi connectivity index (χ3n) is 7.20. The molecule has 10 heteroatoms. The highest BCUT2D eigenvalue weighted by Gasteiger charge is 2.23. The standard InChI is InChI=1S/C35H32Cl2N2O5S/c1-35(2,3)26-11-7-22(8-12-26)33(43-28-14-9-23(10-15-28)34(40)38-17-18-45(41)42)31-21-32(44-39-31)25-6-4-5-24(19-25)29-16-13-27(36)20-30(29)37/h4-16,19-21,33H,17-18H2,1-3H3,(H,38,40)(H,41,42). The Labute approximate surface area is 274 Å². The Morgan fingerprint density at radius 3 is 2.33 bits per heavy atom. The fourth-order valence-electron chi connectivity index (χ4n) is 4.74. The van der Waals surface area contributed by atoms with Gasteiger partial charge in [-0.05, 0) is 64.6 Å². The first kappa shape index (κ1) is 32.4. The van der Waals surface area contributed by atoms with Gasteiger partial charge in [-0.3, -0.25) is 4.79 Å². The van der Waals surface area contributed by atoms with Crippen LogP contribution in [0.2, 0.25) is 10.0 Å². The van der Waals surface area contributed by atoms with Crippen LogP contribution in [0.15, 0.2) is 102 Å². The molecule has 1 heterocycles. The summed E-state index contributed by atoms with van der Waals surface area (Å²) in [5.74, 6) is 0.704. The molecule has 1 amide bonds. The third kappa shape index (κ3) is 8.21. The van der Waals surface area contributed by atoms with Crippen molar-refractivity contribution in [1.82, 2.24) is 10.5 Å². The van der Waals surface area contributed by atoms with Gasteiger partial charge < -0.3 is 19.1 Å². The van der Waals surface area contributed by atoms with Crippen LogP contribution in [-0.4, -0.2) is 32.1 Å². The van der Waals surface area contributed by atoms with Crippen LogP contribution >= 0.6 is 23.2 Å². The highest BCUT2D eigenvalue weighted by molar-refractivity contribution is 7.79. The van der Waals surface area contributed by atoms with Crippen LogP contribution in [0.1, 0.15) is 54.1 Å². The van der Waals surface area contributed by atoms with E-state index in [0.29, 0.717) is 32.8 Å². The van der Waals surface area contributed by atoms with E-state index in [-0.39, 0.29) is 23.6 Å². The molecule has 232 valence electrons. The predicted octanol–water partition coefficient (Wildman–Crippen LogP) is 8.73. The van der Waals surface area contributed by atoms with Crippen molar-refractivity contribution in [2.75, 3.05) is 12.3 Å². The molecular weight excluding hydrogens is 631 g/mol. The molecule has 0 fully saturated rings. The third-order valence-corrected chi connectivity index (χ3v) is 8.30. The van der Waals surface area contributed by atoms with E-state index in [4.69, 9.17) is 37.0 Å². The smallest absolute Gasteiger partial charge is 0.251 e. The molecule has 0 bridgehead atoms. The first-order chi connectivity index (χ1) is 21.5. The lowest BCUT2D eigenvalue weighted by Crippen LogP contribution is -2.27. The molecule has 2 N–H and O–H groups in total. The summed E-state index contributed by atoms with van der Waals surface area (Å²) in [6, 6.07) is 30.0. The van der Waals surface area contributed by atoms with E-state index in [2.05, 4.69) is 43.4 Å². The van der Waals surface area contributed by atoms with Crippen LogP contribution in [0, 0.1) is 0 Å². The predicted molar refractivity (Wildman–Crippen MR) is 179 cm³/mol. The number of carbonyl (C=O) groups is 1. The quantitative estimate of drug-likeness (QED) is 0.145. The Kier molecular flexibility index (Phi) is 10.1. The summed E-state index contributed by atoms with van der Waals surface area (Å²) in [6.07, 6.45) is -0.607. The normalized spacial score (nSPS) is 12.8. The van der Waals surface area contributed by atoms with Gasteiger partial charge in [0, 0.05) is 39.3 Å². The minimum absolute atomic E-state index is 0.0173. The van der Waals surface area contributed by atoms with Gasteiger partial charge in [0.1, 0.15) is 11.4 Å². The van der Waals surface area contributed by atoms with E-state index in [1.807, 2.05) is 48.5 Å². The number of amides is 1. The SMILES string of the molecule is CC(C)(C)c1ccc(C(Oc2ccc(C(=O)NCCS(=O)O)cc2)c2cc(-c3cccc(-c4ccc(Cl)cc4Cl)c3)on2)cc1. The molecule has 0 saturated carbocycles. The number of hydrogen-bond donors (Lipinski definition) is 2. The Morgan fingerprint density at radius 2 is 1.67 bits per heavy atom. The molecule has 0 radical (unpaired) electrons. The fraction of sp³-hybridized carbons (Fsp3) is 0.200. The highest BCUT2D eigenvalue weighted by atomic mass is 35.5. The Balaban J connectivity index is 1.43. The molecule has 4 aromatic carbocycles. The Morgan fingerprint density at radius 1 is 0.956 bits per heavy atom. The Hall–Kier alpha value is -3.95. The number of nitrogens with one attached hydrogen (secondary N) is 1. The van der Waals surface area contributed by atoms with E-state index in [1.54, 1.807) is 36.4 Å². The van der Waals surface area contributed by atoms with Crippen LogP contribution < -0.4 is 10.1 Å². The fourth-order valence-corrected chi connectivity index (χ4v) is 5.54. The molecule has 5 aromatic rings. The van der Waals surface area contributed by atoms with Gasteiger partial charge in [0.25, 0.3) is 5.91 Å². The van der Waals surface area contributed by atoms with Crippen molar-refractivity contribution in [3.05, 3.63) is 129 Å². The van der Waals surface area contributed by atoms with Gasteiger partial charge in [-0.15, -0.1) is 0 Å². The number of carbonyl (C=O) groups excluding carboxylic acids is 1. The van der Waals surface area contributed by atoms with E-state index in [9.17, 15) is 9.00 Å². The maximum absolute atomic E-state index is 12.4. The van der Waals surface area contributed by atoms with E-state index in [1.165, 1.54) is 5.56 Å². The number of halogens is 2. The van der Waals surface area contributed by atoms with Crippen molar-refractivity contribution < 1.29 is 22.8 Å². The highest BCUT2D eigenvalue weighted by Crippen LogP contribution is 2.35. The first-order valence-corrected chi connectivity index (χ1v) is 16.3. The van der Waals surface area contributed by atoms with Gasteiger partial charge in [0.2, 0.25) is 0 Å². The van der Waals surface area contributed by atoms with E-state index < -0.39 is 17.2 Å². The zero-order chi connectivity index (χ0) is 32.1. The molecule has 7 nitrogen and oxygen atoms in total. The minimum Gasteiger partial charge on any atom is -0.479 e. The second-order valence-corrected chi connectivity index (χ2v) is 13.4. The summed E-state index contributed by atoms with van der Waals surface area (Å²) in [5, 5.41) is 8.16. The largest absolute Gasteiger partial charge is 0.479 e. The second-order valence-electron chi connectivity index (χ2n) is 11.5. The molecule has 45 heavy (non-hydrogen) atoms. The summed E-state index contributed by atoms with van der Waals surface area (Å²) in [4.78, 5) is 12.4. The van der Waals surface area contributed by atoms with Crippen molar-refractivity contribution in [2.24, 2.45) is 0 Å². The maximum Gasteiger partial charge on any atom is 0.251 e. The number of nitrogens with zero attached hydrogens (tertiary/aromatic N) is 1. The van der Waals surface area contributed by atoms with Gasteiger partial charge in [-0.1, -0.05) is 97.7 Å². The molecular formula is C35H32Cl2N2O5S. The monoisotopic (exact) mass is 662 g/mol. The molecule has 2 atom stereocenters. The molecule has 5 rings (SSSR count). The topological polar surface area (TPSA) is 102 Å². The lowest BCUT2D eigenvalue weighted by molar-refractivity contribution is 0.0956. The van der Waals surface area contributed by atoms with Crippen molar-refractivity contribution in [3.63, 3.8) is 0 Å². The number of hydrogen-bond acceptors (Lipinski definition) is 5. The summed E-state index contributed by atoms with van der Waals surface area (Å²) < 4.78 is 32.1. The summed E-state index contributed by atoms with van der Waals surface area (Å²) in [5.41, 5.74) is 5.60. The zero-order valence-electron chi connectivity index (χ0n) is 24.9. The molecule has 0 saturated heterocycles. The van der Waals surface area contributed by atoms with Gasteiger partial charge in [0.15, 0.2) is 22.9 Å². The molecule has 0 spiro atoms. The van der Waals surface area contributed by atoms with E-state index in [0.717, 1.165) is 22.3 Å². The van der Waals surface area contributed by atoms with Gasteiger partial charge in [0.05, 0.1) is 5.75 Å². The Bertz CT molecular complexity index is 1820. The zero-order valence-corrected chi connectivity index (χ0v) is 27.2. The van der Waals surface area contributed by atoms with Crippen molar-refractivity contribution in [2.45, 2.75) is 32.3 Å². The van der Waals surface area contributed by atoms with Gasteiger partial charge in [-0.25, -0.2) is 4.21 Å². The lowest BCUT2D eigenvalue weighted by atomic mass is 9.86. The van der Waals surface area contributed by atoms with Crippen LogP contribution in [0.3, 0.4) is 0 Å². The molecule has 0 aliphatic rings. The van der Waals surface area contributed by atoms with Gasteiger partial charge >= 0.3 is 0 Å². The molecule has 2 unspecified atom stereocenters.